The van der Waals surface area contributed by atoms with E-state index in [-0.39, 0.29) is 0 Å². The molecule has 0 aliphatic carbocycles. The van der Waals surface area contributed by atoms with E-state index in [1.807, 2.05) is 39.0 Å². The minimum absolute atomic E-state index is 0.747. The first kappa shape index (κ1) is 12.5. The fourth-order valence-corrected chi connectivity index (χ4v) is 2.52. The highest BCUT2D eigenvalue weighted by Crippen LogP contribution is 2.25. The molecular weight excluding hydrogens is 298 g/mol. The van der Waals surface area contributed by atoms with Gasteiger partial charge in [0.15, 0.2) is 5.16 Å². The fraction of sp³-hybridized carbons (Fsp3) is 0.250. The molecule has 5 heteroatoms. The van der Waals surface area contributed by atoms with Gasteiger partial charge in [-0.25, -0.2) is 15.0 Å². The molecular formula is C12H12BrN3S. The molecule has 2 rings (SSSR count). The van der Waals surface area contributed by atoms with Crippen molar-refractivity contribution >= 4 is 27.7 Å². The molecule has 2 heterocycles. The summed E-state index contributed by atoms with van der Waals surface area (Å²) in [6, 6.07) is 5.92. The van der Waals surface area contributed by atoms with E-state index in [4.69, 9.17) is 0 Å². The van der Waals surface area contributed by atoms with Gasteiger partial charge in [-0.1, -0.05) is 0 Å². The predicted molar refractivity (Wildman–Crippen MR) is 72.3 cm³/mol. The number of nitrogens with zero attached hydrogens (tertiary/aromatic N) is 3. The van der Waals surface area contributed by atoms with Crippen LogP contribution in [0.5, 0.6) is 0 Å². The van der Waals surface area contributed by atoms with Gasteiger partial charge in [-0.2, -0.15) is 0 Å². The Morgan fingerprint density at radius 2 is 1.65 bits per heavy atom. The van der Waals surface area contributed by atoms with E-state index in [1.165, 1.54) is 11.8 Å². The van der Waals surface area contributed by atoms with Gasteiger partial charge in [0.2, 0.25) is 0 Å². The summed E-state index contributed by atoms with van der Waals surface area (Å²) in [4.78, 5) is 13.2. The molecule has 0 saturated heterocycles. The molecule has 17 heavy (non-hydrogen) atoms. The van der Waals surface area contributed by atoms with Gasteiger partial charge < -0.3 is 0 Å². The van der Waals surface area contributed by atoms with Gasteiger partial charge in [0.1, 0.15) is 5.03 Å². The number of aromatic nitrogens is 3. The Kier molecular flexibility index (Phi) is 3.79. The average molecular weight is 310 g/mol. The lowest BCUT2D eigenvalue weighted by atomic mass is 10.4. The van der Waals surface area contributed by atoms with Gasteiger partial charge in [-0.05, 0) is 66.7 Å². The van der Waals surface area contributed by atoms with E-state index in [9.17, 15) is 0 Å². The Bertz CT molecular complexity index is 537. The Morgan fingerprint density at radius 3 is 2.24 bits per heavy atom. The Labute approximate surface area is 113 Å². The average Bonchev–Trinajstić information content (AvgIpc) is 2.22. The van der Waals surface area contributed by atoms with Crippen molar-refractivity contribution in [3.05, 3.63) is 39.8 Å². The van der Waals surface area contributed by atoms with Gasteiger partial charge in [-0.15, -0.1) is 0 Å². The van der Waals surface area contributed by atoms with Crippen LogP contribution in [0.15, 0.2) is 32.9 Å². The highest BCUT2D eigenvalue weighted by Gasteiger charge is 2.05. The summed E-state index contributed by atoms with van der Waals surface area (Å²) in [7, 11) is 0. The summed E-state index contributed by atoms with van der Waals surface area (Å²) in [6.45, 7) is 5.91. The minimum Gasteiger partial charge on any atom is -0.245 e. The lowest BCUT2D eigenvalue weighted by Crippen LogP contribution is -1.93. The van der Waals surface area contributed by atoms with E-state index < -0.39 is 0 Å². The van der Waals surface area contributed by atoms with E-state index in [0.29, 0.717) is 0 Å². The van der Waals surface area contributed by atoms with Crippen LogP contribution < -0.4 is 0 Å². The second-order valence-corrected chi connectivity index (χ2v) is 5.59. The molecule has 0 unspecified atom stereocenters. The minimum atomic E-state index is 0.747. The molecule has 0 aliphatic rings. The van der Waals surface area contributed by atoms with Gasteiger partial charge in [0, 0.05) is 15.9 Å². The summed E-state index contributed by atoms with van der Waals surface area (Å²) in [5.74, 6) is 0. The lowest BCUT2D eigenvalue weighted by molar-refractivity contribution is 0.897. The molecule has 0 N–H and O–H groups in total. The third-order valence-corrected chi connectivity index (χ3v) is 3.79. The van der Waals surface area contributed by atoms with Crippen LogP contribution in [-0.2, 0) is 0 Å². The molecule has 2 aromatic heterocycles. The first-order valence-electron chi connectivity index (χ1n) is 5.18. The zero-order valence-corrected chi connectivity index (χ0v) is 12.3. The number of pyridine rings is 1. The first-order chi connectivity index (χ1) is 8.04. The number of hydrogen-bond donors (Lipinski definition) is 0. The van der Waals surface area contributed by atoms with Crippen molar-refractivity contribution < 1.29 is 0 Å². The molecule has 0 atom stereocenters. The van der Waals surface area contributed by atoms with E-state index in [1.54, 1.807) is 0 Å². The quantitative estimate of drug-likeness (QED) is 0.793. The number of hydrogen-bond acceptors (Lipinski definition) is 4. The molecule has 0 bridgehead atoms. The normalized spacial score (nSPS) is 10.6. The number of halogens is 1. The smallest absolute Gasteiger partial charge is 0.194 e. The van der Waals surface area contributed by atoms with Crippen molar-refractivity contribution in [2.75, 3.05) is 0 Å². The maximum Gasteiger partial charge on any atom is 0.194 e. The molecule has 0 radical (unpaired) electrons. The van der Waals surface area contributed by atoms with E-state index >= 15 is 0 Å². The van der Waals surface area contributed by atoms with Gasteiger partial charge in [0.25, 0.3) is 0 Å². The fourth-order valence-electron chi connectivity index (χ4n) is 1.41. The SMILES string of the molecule is Cc1cc(C)nc(Sc2ccc(Br)c(C)n2)n1. The third kappa shape index (κ3) is 3.26. The lowest BCUT2D eigenvalue weighted by Gasteiger charge is -2.04. The molecule has 0 fully saturated rings. The predicted octanol–water partition coefficient (Wildman–Crippen LogP) is 3.71. The maximum absolute atomic E-state index is 4.46. The second kappa shape index (κ2) is 5.14. The summed E-state index contributed by atoms with van der Waals surface area (Å²) < 4.78 is 1.02. The maximum atomic E-state index is 4.46. The molecule has 3 nitrogen and oxygen atoms in total. The van der Waals surface area contributed by atoms with Crippen LogP contribution in [0.4, 0.5) is 0 Å². The van der Waals surface area contributed by atoms with Crippen LogP contribution in [0, 0.1) is 20.8 Å². The highest BCUT2D eigenvalue weighted by molar-refractivity contribution is 9.10. The first-order valence-corrected chi connectivity index (χ1v) is 6.79. The molecule has 0 aliphatic heterocycles. The summed E-state index contributed by atoms with van der Waals surface area (Å²) in [5.41, 5.74) is 2.93. The summed E-state index contributed by atoms with van der Waals surface area (Å²) in [5, 5.41) is 1.66. The Balaban J connectivity index is 2.28. The molecule has 0 amide bonds. The second-order valence-electron chi connectivity index (χ2n) is 3.75. The number of rotatable bonds is 2. The van der Waals surface area contributed by atoms with E-state index in [0.717, 1.165) is 31.7 Å². The molecule has 2 aromatic rings. The van der Waals surface area contributed by atoms with Crippen molar-refractivity contribution in [2.24, 2.45) is 0 Å². The van der Waals surface area contributed by atoms with Crippen molar-refractivity contribution in [3.8, 4) is 0 Å². The van der Waals surface area contributed by atoms with Crippen LogP contribution in [-0.4, -0.2) is 15.0 Å². The van der Waals surface area contributed by atoms with Crippen LogP contribution in [0.3, 0.4) is 0 Å². The Morgan fingerprint density at radius 1 is 1.00 bits per heavy atom. The zero-order valence-electron chi connectivity index (χ0n) is 9.86. The Hall–Kier alpha value is -0.940. The molecule has 0 saturated carbocycles. The van der Waals surface area contributed by atoms with Crippen molar-refractivity contribution in [2.45, 2.75) is 31.0 Å². The van der Waals surface area contributed by atoms with Crippen LogP contribution in [0.2, 0.25) is 0 Å². The number of aryl methyl sites for hydroxylation is 3. The highest BCUT2D eigenvalue weighted by atomic mass is 79.9. The van der Waals surface area contributed by atoms with Crippen LogP contribution >= 0.6 is 27.7 Å². The van der Waals surface area contributed by atoms with Crippen LogP contribution in [0.25, 0.3) is 0 Å². The van der Waals surface area contributed by atoms with E-state index in [2.05, 4.69) is 30.9 Å². The topological polar surface area (TPSA) is 38.7 Å². The monoisotopic (exact) mass is 309 g/mol. The van der Waals surface area contributed by atoms with Crippen molar-refractivity contribution in [3.63, 3.8) is 0 Å². The molecule has 0 spiro atoms. The van der Waals surface area contributed by atoms with Crippen molar-refractivity contribution in [1.29, 1.82) is 0 Å². The van der Waals surface area contributed by atoms with Gasteiger partial charge in [-0.3, -0.25) is 0 Å². The summed E-state index contributed by atoms with van der Waals surface area (Å²) >= 11 is 4.92. The standard InChI is InChI=1S/C12H12BrN3S/c1-7-6-8(2)15-12(14-7)17-11-5-4-10(13)9(3)16-11/h4-6H,1-3H3. The van der Waals surface area contributed by atoms with Gasteiger partial charge >= 0.3 is 0 Å². The summed E-state index contributed by atoms with van der Waals surface area (Å²) in [6.07, 6.45) is 0. The third-order valence-electron chi connectivity index (χ3n) is 2.15. The van der Waals surface area contributed by atoms with Crippen LogP contribution in [0.1, 0.15) is 17.1 Å². The van der Waals surface area contributed by atoms with Gasteiger partial charge in [0.05, 0.1) is 5.69 Å². The van der Waals surface area contributed by atoms with Crippen molar-refractivity contribution in [1.82, 2.24) is 15.0 Å². The largest absolute Gasteiger partial charge is 0.245 e. The molecule has 88 valence electrons. The molecule has 0 aromatic carbocycles. The zero-order chi connectivity index (χ0) is 12.4.